The molecule has 0 heterocycles. The second-order valence-electron chi connectivity index (χ2n) is 6.60. The van der Waals surface area contributed by atoms with Gasteiger partial charge in [-0.2, -0.15) is 0 Å². The van der Waals surface area contributed by atoms with Crippen molar-refractivity contribution >= 4 is 33.0 Å². The zero-order chi connectivity index (χ0) is 22.5. The summed E-state index contributed by atoms with van der Waals surface area (Å²) in [7, 11) is -4.35. The summed E-state index contributed by atoms with van der Waals surface area (Å²) in [6.07, 6.45) is 0. The molecule has 0 bridgehead atoms. The van der Waals surface area contributed by atoms with Crippen LogP contribution >= 0.6 is 0 Å². The van der Waals surface area contributed by atoms with Gasteiger partial charge in [-0.1, -0.05) is 24.3 Å². The van der Waals surface area contributed by atoms with Gasteiger partial charge in [-0.05, 0) is 18.2 Å². The first-order valence-electron chi connectivity index (χ1n) is 8.66. The Morgan fingerprint density at radius 1 is 0.839 bits per heavy atom. The highest BCUT2D eigenvalue weighted by Crippen LogP contribution is 2.43. The number of phenols is 2. The molecule has 11 heteroatoms. The Labute approximate surface area is 174 Å². The molecule has 31 heavy (non-hydrogen) atoms. The molecular formula is C20H12N2O8S. The molecular weight excluding hydrogens is 428 g/mol. The fourth-order valence-electron chi connectivity index (χ4n) is 3.25. The van der Waals surface area contributed by atoms with Crippen molar-refractivity contribution in [3.05, 3.63) is 87.0 Å². The zero-order valence-corrected chi connectivity index (χ0v) is 16.2. The van der Waals surface area contributed by atoms with E-state index in [1.807, 2.05) is 4.72 Å². The Kier molecular flexibility index (Phi) is 4.47. The van der Waals surface area contributed by atoms with E-state index >= 15 is 0 Å². The minimum Gasteiger partial charge on any atom is -0.504 e. The maximum absolute atomic E-state index is 12.8. The van der Waals surface area contributed by atoms with Crippen LogP contribution in [0.3, 0.4) is 0 Å². The molecule has 3 aromatic rings. The molecule has 0 spiro atoms. The van der Waals surface area contributed by atoms with E-state index in [0.717, 1.165) is 30.3 Å². The number of fused-ring (bicyclic) bond motifs is 2. The Hall–Kier alpha value is -4.25. The topological polar surface area (TPSA) is 164 Å². The normalized spacial score (nSPS) is 12.8. The van der Waals surface area contributed by atoms with E-state index in [2.05, 4.69) is 0 Å². The number of nitrogens with zero attached hydrogens (tertiary/aromatic N) is 1. The number of non-ortho nitro benzene ring substituents is 1. The molecule has 3 N–H and O–H groups in total. The number of phenolic OH excluding ortho intramolecular Hbond substituents is 2. The molecule has 1 aliphatic carbocycles. The third-order valence-electron chi connectivity index (χ3n) is 4.76. The summed E-state index contributed by atoms with van der Waals surface area (Å²) in [6.45, 7) is 0. The fourth-order valence-corrected chi connectivity index (χ4v) is 4.31. The Bertz CT molecular complexity index is 1400. The Morgan fingerprint density at radius 3 is 2.00 bits per heavy atom. The summed E-state index contributed by atoms with van der Waals surface area (Å²) in [4.78, 5) is 35.2. The summed E-state index contributed by atoms with van der Waals surface area (Å²) in [6, 6.07) is 10.8. The Morgan fingerprint density at radius 2 is 1.42 bits per heavy atom. The van der Waals surface area contributed by atoms with Crippen LogP contribution < -0.4 is 4.72 Å². The van der Waals surface area contributed by atoms with Gasteiger partial charge in [-0.25, -0.2) is 8.42 Å². The number of nitro benzene ring substituents is 1. The molecule has 0 saturated heterocycles. The zero-order valence-electron chi connectivity index (χ0n) is 15.4. The minimum atomic E-state index is -4.35. The number of hydrogen-bond donors (Lipinski definition) is 3. The van der Waals surface area contributed by atoms with Gasteiger partial charge in [0.2, 0.25) is 0 Å². The maximum atomic E-state index is 12.8. The van der Waals surface area contributed by atoms with E-state index in [1.54, 1.807) is 12.1 Å². The number of hydrogen-bond acceptors (Lipinski definition) is 8. The summed E-state index contributed by atoms with van der Waals surface area (Å²) in [5, 5.41) is 31.4. The highest BCUT2D eigenvalue weighted by molar-refractivity contribution is 7.92. The van der Waals surface area contributed by atoms with Gasteiger partial charge in [-0.15, -0.1) is 0 Å². The second kappa shape index (κ2) is 6.92. The molecule has 10 nitrogen and oxygen atoms in total. The summed E-state index contributed by atoms with van der Waals surface area (Å²) >= 11 is 0. The first kappa shape index (κ1) is 20.0. The smallest absolute Gasteiger partial charge is 0.269 e. The standard InChI is InChI=1S/C20H12N2O8S/c23-17-12-3-1-2-4-13(12)18(24)16-14(17)9-15(19(25)20(16)26)21-31(29,30)11-7-5-10(6-8-11)22(27)28/h1-9,21,25-26H. The van der Waals surface area contributed by atoms with Gasteiger partial charge in [0.05, 0.1) is 21.1 Å². The van der Waals surface area contributed by atoms with Gasteiger partial charge in [0.1, 0.15) is 0 Å². The highest BCUT2D eigenvalue weighted by atomic mass is 32.2. The number of nitro groups is 1. The van der Waals surface area contributed by atoms with Gasteiger partial charge in [-0.3, -0.25) is 24.4 Å². The molecule has 0 aliphatic heterocycles. The van der Waals surface area contributed by atoms with Crippen molar-refractivity contribution in [3.63, 3.8) is 0 Å². The lowest BCUT2D eigenvalue weighted by Crippen LogP contribution is -2.22. The number of anilines is 1. The van der Waals surface area contributed by atoms with Crippen LogP contribution in [0.2, 0.25) is 0 Å². The lowest BCUT2D eigenvalue weighted by molar-refractivity contribution is -0.384. The van der Waals surface area contributed by atoms with Crippen molar-refractivity contribution in [2.45, 2.75) is 4.90 Å². The molecule has 4 rings (SSSR count). The number of sulfonamides is 1. The molecule has 0 fully saturated rings. The predicted molar refractivity (Wildman–Crippen MR) is 107 cm³/mol. The monoisotopic (exact) mass is 440 g/mol. The second-order valence-corrected chi connectivity index (χ2v) is 8.29. The molecule has 0 amide bonds. The number of ketones is 2. The third kappa shape index (κ3) is 3.16. The van der Waals surface area contributed by atoms with Crippen molar-refractivity contribution in [1.29, 1.82) is 0 Å². The number of aromatic hydroxyl groups is 2. The van der Waals surface area contributed by atoms with Gasteiger partial charge < -0.3 is 10.2 Å². The minimum absolute atomic E-state index is 0.0499. The quantitative estimate of drug-likeness (QED) is 0.247. The number of nitrogens with one attached hydrogen (secondary N) is 1. The van der Waals surface area contributed by atoms with Crippen LogP contribution in [0.5, 0.6) is 11.5 Å². The van der Waals surface area contributed by atoms with Gasteiger partial charge in [0.25, 0.3) is 15.7 Å². The van der Waals surface area contributed by atoms with E-state index in [-0.39, 0.29) is 27.3 Å². The molecule has 0 saturated carbocycles. The van der Waals surface area contributed by atoms with Crippen LogP contribution in [0.4, 0.5) is 11.4 Å². The van der Waals surface area contributed by atoms with Gasteiger partial charge >= 0.3 is 0 Å². The van der Waals surface area contributed by atoms with E-state index in [1.165, 1.54) is 12.1 Å². The number of rotatable bonds is 4. The van der Waals surface area contributed by atoms with E-state index in [4.69, 9.17) is 0 Å². The summed E-state index contributed by atoms with van der Waals surface area (Å²) in [5.74, 6) is -3.20. The van der Waals surface area contributed by atoms with E-state index in [0.29, 0.717) is 0 Å². The molecule has 0 aromatic heterocycles. The maximum Gasteiger partial charge on any atom is 0.269 e. The van der Waals surface area contributed by atoms with Crippen LogP contribution in [0.15, 0.2) is 59.5 Å². The summed E-state index contributed by atoms with van der Waals surface area (Å²) < 4.78 is 27.3. The van der Waals surface area contributed by atoms with Crippen LogP contribution in [0, 0.1) is 10.1 Å². The van der Waals surface area contributed by atoms with Gasteiger partial charge in [0, 0.05) is 28.8 Å². The molecule has 3 aromatic carbocycles. The average Bonchev–Trinajstić information content (AvgIpc) is 2.75. The van der Waals surface area contributed by atoms with E-state index < -0.39 is 49.3 Å². The average molecular weight is 440 g/mol. The molecule has 0 atom stereocenters. The van der Waals surface area contributed by atoms with Crippen molar-refractivity contribution < 1.29 is 33.1 Å². The van der Waals surface area contributed by atoms with Crippen LogP contribution in [-0.4, -0.2) is 35.1 Å². The molecule has 1 aliphatic rings. The number of carbonyl (C=O) groups is 2. The van der Waals surface area contributed by atoms with Crippen molar-refractivity contribution in [1.82, 2.24) is 0 Å². The van der Waals surface area contributed by atoms with E-state index in [9.17, 15) is 38.3 Å². The molecule has 156 valence electrons. The lowest BCUT2D eigenvalue weighted by Gasteiger charge is -2.20. The largest absolute Gasteiger partial charge is 0.504 e. The lowest BCUT2D eigenvalue weighted by atomic mass is 9.83. The van der Waals surface area contributed by atoms with Crippen LogP contribution in [0.1, 0.15) is 31.8 Å². The first-order chi connectivity index (χ1) is 14.6. The van der Waals surface area contributed by atoms with Crippen molar-refractivity contribution in [2.75, 3.05) is 4.72 Å². The van der Waals surface area contributed by atoms with Crippen LogP contribution in [0.25, 0.3) is 0 Å². The van der Waals surface area contributed by atoms with Crippen molar-refractivity contribution in [3.8, 4) is 11.5 Å². The number of carbonyl (C=O) groups excluding carboxylic acids is 2. The third-order valence-corrected chi connectivity index (χ3v) is 6.15. The molecule has 0 unspecified atom stereocenters. The summed E-state index contributed by atoms with van der Waals surface area (Å²) in [5.41, 5.74) is -1.44. The van der Waals surface area contributed by atoms with Gasteiger partial charge in [0.15, 0.2) is 23.1 Å². The van der Waals surface area contributed by atoms with Crippen LogP contribution in [-0.2, 0) is 10.0 Å². The van der Waals surface area contributed by atoms with Crippen molar-refractivity contribution in [2.24, 2.45) is 0 Å². The SMILES string of the molecule is O=C1c2ccccc2C(=O)c2c1cc(NS(=O)(=O)c1ccc([N+](=O)[O-])cc1)c(O)c2O. The fraction of sp³-hybridized carbons (Fsp3) is 0. The number of benzene rings is 3. The predicted octanol–water partition coefficient (Wildman–Crippen LogP) is 2.58. The Balaban J connectivity index is 1.79. The first-order valence-corrected chi connectivity index (χ1v) is 10.1. The molecule has 0 radical (unpaired) electrons. The highest BCUT2D eigenvalue weighted by Gasteiger charge is 2.35.